The Kier molecular flexibility index (Phi) is 7.83. The summed E-state index contributed by atoms with van der Waals surface area (Å²) in [5.41, 5.74) is -3.37. The first-order valence-corrected chi connectivity index (χ1v) is 15.5. The average molecular weight is 745 g/mol. The van der Waals surface area contributed by atoms with Crippen LogP contribution in [0.25, 0.3) is 55.7 Å². The Morgan fingerprint density at radius 3 is 1.06 bits per heavy atom. The van der Waals surface area contributed by atoms with Gasteiger partial charge in [-0.2, -0.15) is 47.4 Å². The Hall–Kier alpha value is -6.68. The van der Waals surface area contributed by atoms with Gasteiger partial charge in [-0.1, -0.05) is 24.3 Å². The predicted octanol–water partition coefficient (Wildman–Crippen LogP) is 11.3. The van der Waals surface area contributed by atoms with Gasteiger partial charge >= 0.3 is 12.4 Å². The standard InChI is InChI=1S/C38H10F10N4S/c39-25-7-17(8-26(40)33(25)37(43,44)45)15-1-3-21-23(5-15)29(19(11-49)12-50)35-31(21)32-22-4-2-16(6-24(22)30(36(32)53-35)20(13-51)14-52)18-9-27(41)34(28(42)10-18)38(46,47)48/h1-10H. The number of fused-ring (bicyclic) bond motifs is 7. The van der Waals surface area contributed by atoms with Crippen molar-refractivity contribution in [1.82, 2.24) is 0 Å². The molecule has 0 saturated heterocycles. The minimum absolute atomic E-state index is 0.0349. The molecule has 2 aliphatic carbocycles. The molecular weight excluding hydrogens is 734 g/mol. The second kappa shape index (κ2) is 11.9. The Morgan fingerprint density at radius 2 is 0.774 bits per heavy atom. The summed E-state index contributed by atoms with van der Waals surface area (Å²) in [4.78, 5) is 0.638. The summed E-state index contributed by atoms with van der Waals surface area (Å²) in [7, 11) is 0. The average Bonchev–Trinajstić information content (AvgIpc) is 3.70. The first-order valence-electron chi connectivity index (χ1n) is 14.7. The molecule has 0 aliphatic heterocycles. The van der Waals surface area contributed by atoms with Crippen LogP contribution < -0.4 is 0 Å². The van der Waals surface area contributed by atoms with E-state index in [0.29, 0.717) is 56.3 Å². The first-order chi connectivity index (χ1) is 25.0. The molecule has 0 bridgehead atoms. The van der Waals surface area contributed by atoms with Crippen LogP contribution in [-0.2, 0) is 12.4 Å². The Labute approximate surface area is 295 Å². The number of allylic oxidation sites excluding steroid dienone is 2. The number of rotatable bonds is 2. The van der Waals surface area contributed by atoms with Gasteiger partial charge in [0.15, 0.2) is 0 Å². The maximum atomic E-state index is 14.6. The number of nitrogens with zero attached hydrogens (tertiary/aromatic N) is 4. The molecule has 1 aromatic heterocycles. The Morgan fingerprint density at radius 1 is 0.453 bits per heavy atom. The number of hydrogen-bond donors (Lipinski definition) is 0. The van der Waals surface area contributed by atoms with E-state index >= 15 is 0 Å². The van der Waals surface area contributed by atoms with Crippen LogP contribution in [0.3, 0.4) is 0 Å². The molecule has 0 fully saturated rings. The molecule has 15 heteroatoms. The van der Waals surface area contributed by atoms with Crippen molar-refractivity contribution in [3.05, 3.63) is 127 Å². The van der Waals surface area contributed by atoms with Crippen LogP contribution in [0, 0.1) is 68.6 Å². The summed E-state index contributed by atoms with van der Waals surface area (Å²) in [6.45, 7) is 0. The number of hydrogen-bond acceptors (Lipinski definition) is 5. The minimum Gasteiger partial charge on any atom is -0.206 e. The molecule has 53 heavy (non-hydrogen) atoms. The molecular formula is C38H10F10N4S. The lowest BCUT2D eigenvalue weighted by atomic mass is 9.93. The summed E-state index contributed by atoms with van der Waals surface area (Å²) in [6.07, 6.45) is -10.6. The second-order valence-electron chi connectivity index (χ2n) is 11.6. The lowest BCUT2D eigenvalue weighted by molar-refractivity contribution is -0.143. The quantitative estimate of drug-likeness (QED) is 0.130. The Balaban J connectivity index is 1.46. The van der Waals surface area contributed by atoms with E-state index < -0.39 is 57.9 Å². The van der Waals surface area contributed by atoms with Crippen molar-refractivity contribution in [2.45, 2.75) is 12.4 Å². The van der Waals surface area contributed by atoms with Gasteiger partial charge in [-0.25, -0.2) is 17.6 Å². The van der Waals surface area contributed by atoms with Gasteiger partial charge in [0.1, 0.15) is 69.8 Å². The maximum absolute atomic E-state index is 14.6. The van der Waals surface area contributed by atoms with Gasteiger partial charge in [0, 0.05) is 32.0 Å². The highest BCUT2D eigenvalue weighted by atomic mass is 32.1. The zero-order valence-electron chi connectivity index (χ0n) is 25.8. The van der Waals surface area contributed by atoms with Crippen LogP contribution in [-0.4, -0.2) is 0 Å². The van der Waals surface area contributed by atoms with E-state index in [1.807, 2.05) is 0 Å². The highest BCUT2D eigenvalue weighted by Crippen LogP contribution is 2.62. The summed E-state index contributed by atoms with van der Waals surface area (Å²) in [5.74, 6) is -7.45. The molecule has 2 aliphatic rings. The van der Waals surface area contributed by atoms with Gasteiger partial charge in [0.2, 0.25) is 0 Å². The van der Waals surface area contributed by atoms with Crippen LogP contribution in [0.1, 0.15) is 32.0 Å². The van der Waals surface area contributed by atoms with Crippen molar-refractivity contribution in [1.29, 1.82) is 21.0 Å². The Bertz CT molecular complexity index is 2480. The molecule has 0 unspecified atom stereocenters. The van der Waals surface area contributed by atoms with E-state index in [1.165, 1.54) is 36.4 Å². The van der Waals surface area contributed by atoms with Crippen molar-refractivity contribution in [2.24, 2.45) is 0 Å². The number of benzene rings is 4. The van der Waals surface area contributed by atoms with Gasteiger partial charge in [0.25, 0.3) is 0 Å². The van der Waals surface area contributed by atoms with Gasteiger partial charge in [0.05, 0.1) is 0 Å². The highest BCUT2D eigenvalue weighted by molar-refractivity contribution is 7.16. The summed E-state index contributed by atoms with van der Waals surface area (Å²) in [5, 5.41) is 39.7. The minimum atomic E-state index is -5.31. The van der Waals surface area contributed by atoms with Crippen molar-refractivity contribution < 1.29 is 43.9 Å². The molecule has 0 spiro atoms. The fourth-order valence-electron chi connectivity index (χ4n) is 6.63. The van der Waals surface area contributed by atoms with Crippen molar-refractivity contribution in [3.63, 3.8) is 0 Å². The summed E-state index contributed by atoms with van der Waals surface area (Å²) >= 11 is 0.971. The van der Waals surface area contributed by atoms with E-state index in [9.17, 15) is 65.0 Å². The molecule has 0 saturated carbocycles. The molecule has 0 N–H and O–H groups in total. The molecule has 0 radical (unpaired) electrons. The van der Waals surface area contributed by atoms with Crippen LogP contribution in [0.4, 0.5) is 43.9 Å². The lowest BCUT2D eigenvalue weighted by Crippen LogP contribution is -2.11. The van der Waals surface area contributed by atoms with Crippen molar-refractivity contribution in [2.75, 3.05) is 0 Å². The first kappa shape index (κ1) is 34.8. The monoisotopic (exact) mass is 744 g/mol. The van der Waals surface area contributed by atoms with E-state index in [0.717, 1.165) is 11.3 Å². The number of halogens is 10. The second-order valence-corrected chi connectivity index (χ2v) is 12.6. The largest absolute Gasteiger partial charge is 0.422 e. The number of alkyl halides is 6. The fraction of sp³-hybridized carbons (Fsp3) is 0.0526. The van der Waals surface area contributed by atoms with Gasteiger partial charge < -0.3 is 0 Å². The molecule has 4 aromatic carbocycles. The van der Waals surface area contributed by atoms with Crippen LogP contribution in [0.5, 0.6) is 0 Å². The molecule has 4 nitrogen and oxygen atoms in total. The smallest absolute Gasteiger partial charge is 0.206 e. The highest BCUT2D eigenvalue weighted by Gasteiger charge is 2.41. The maximum Gasteiger partial charge on any atom is 0.422 e. The van der Waals surface area contributed by atoms with Gasteiger partial charge in [-0.3, -0.25) is 0 Å². The summed E-state index contributed by atoms with van der Waals surface area (Å²) in [6, 6.07) is 17.5. The zero-order chi connectivity index (χ0) is 38.3. The van der Waals surface area contributed by atoms with Crippen LogP contribution in [0.15, 0.2) is 71.8 Å². The van der Waals surface area contributed by atoms with Gasteiger partial charge in [-0.05, 0) is 80.9 Å². The van der Waals surface area contributed by atoms with E-state index in [1.54, 1.807) is 24.3 Å². The third kappa shape index (κ3) is 5.25. The normalized spacial score (nSPS) is 12.6. The molecule has 5 aromatic rings. The summed E-state index contributed by atoms with van der Waals surface area (Å²) < 4.78 is 138. The third-order valence-corrected chi connectivity index (χ3v) is 9.97. The van der Waals surface area contributed by atoms with Gasteiger partial charge in [-0.15, -0.1) is 11.3 Å². The topological polar surface area (TPSA) is 95.2 Å². The molecule has 0 amide bonds. The number of thiophene rings is 1. The number of nitriles is 4. The third-order valence-electron chi connectivity index (χ3n) is 8.74. The lowest BCUT2D eigenvalue weighted by Gasteiger charge is -2.13. The van der Waals surface area contributed by atoms with Crippen LogP contribution in [0.2, 0.25) is 0 Å². The fourth-order valence-corrected chi connectivity index (χ4v) is 8.09. The van der Waals surface area contributed by atoms with E-state index in [4.69, 9.17) is 0 Å². The molecule has 258 valence electrons. The molecule has 1 heterocycles. The van der Waals surface area contributed by atoms with E-state index in [-0.39, 0.29) is 44.5 Å². The van der Waals surface area contributed by atoms with Crippen molar-refractivity contribution in [3.8, 4) is 68.8 Å². The molecule has 0 atom stereocenters. The zero-order valence-corrected chi connectivity index (χ0v) is 26.6. The predicted molar refractivity (Wildman–Crippen MR) is 170 cm³/mol. The SMILES string of the molecule is N#CC(C#N)=C1c2cc(-c3cc(F)c(C(F)(F)F)c(F)c3)ccc2-c2c1sc1c2-c2ccc(-c3cc(F)c(C(F)(F)F)c(F)c3)cc2C1=C(C#N)C#N. The molecule has 7 rings (SSSR count). The van der Waals surface area contributed by atoms with E-state index in [2.05, 4.69) is 0 Å². The van der Waals surface area contributed by atoms with Crippen LogP contribution >= 0.6 is 11.3 Å². The van der Waals surface area contributed by atoms with Crippen molar-refractivity contribution >= 4 is 22.5 Å².